The van der Waals surface area contributed by atoms with Gasteiger partial charge in [0.2, 0.25) is 0 Å². The Morgan fingerprint density at radius 1 is 1.07 bits per heavy atom. The zero-order valence-corrected chi connectivity index (χ0v) is 20.1. The smallest absolute Gasteiger partial charge is 0.474 e. The van der Waals surface area contributed by atoms with Gasteiger partial charge in [-0.1, -0.05) is 33.7 Å². The zero-order valence-electron chi connectivity index (χ0n) is 17.6. The van der Waals surface area contributed by atoms with E-state index < -0.39 is 7.82 Å². The van der Waals surface area contributed by atoms with Gasteiger partial charge in [0, 0.05) is 11.5 Å². The van der Waals surface area contributed by atoms with E-state index in [9.17, 15) is 9.36 Å². The Balaban J connectivity index is 2.27. The number of hydrogen-bond acceptors (Lipinski definition) is 9. The molecule has 0 unspecified atom stereocenters. The summed E-state index contributed by atoms with van der Waals surface area (Å²) in [7, 11) is -0.146. The molecule has 0 saturated carbocycles. The molecular weight excluding hydrogens is 447 g/mol. The molecule has 1 aromatic carbocycles. The number of esters is 1. The number of carbonyl (C=O) groups is 1. The summed E-state index contributed by atoms with van der Waals surface area (Å²) in [6, 6.07) is 6.90. The maximum absolute atomic E-state index is 12.2. The SMILES string of the molecule is C=CCSSCCOC(=O)c1cccc(OCCCCOP(=O)(OCC)OCC)c1. The standard InChI is InChI=1S/C20H31O7PS2/c1-4-15-29-30-16-14-24-20(21)18-10-9-11-19(17-18)23-12-7-8-13-27-28(22,25-5-2)26-6-3/h4,9-11,17H,1,5-8,12-16H2,2-3H3. The van der Waals surface area contributed by atoms with Gasteiger partial charge in [-0.05, 0) is 44.9 Å². The van der Waals surface area contributed by atoms with Gasteiger partial charge < -0.3 is 9.47 Å². The van der Waals surface area contributed by atoms with Crippen molar-refractivity contribution in [2.75, 3.05) is 44.5 Å². The van der Waals surface area contributed by atoms with E-state index in [1.165, 1.54) is 0 Å². The fourth-order valence-corrected chi connectivity index (χ4v) is 4.92. The van der Waals surface area contributed by atoms with Gasteiger partial charge in [-0.15, -0.1) is 6.58 Å². The predicted octanol–water partition coefficient (Wildman–Crippen LogP) is 5.77. The average molecular weight is 479 g/mol. The van der Waals surface area contributed by atoms with E-state index in [1.807, 2.05) is 6.08 Å². The molecule has 170 valence electrons. The second-order valence-corrected chi connectivity index (χ2v) is 10.0. The molecule has 0 radical (unpaired) electrons. The first-order chi connectivity index (χ1) is 14.5. The maximum Gasteiger partial charge on any atom is 0.474 e. The van der Waals surface area contributed by atoms with Crippen LogP contribution in [0.5, 0.6) is 5.75 Å². The van der Waals surface area contributed by atoms with E-state index in [0.29, 0.717) is 37.4 Å². The predicted molar refractivity (Wildman–Crippen MR) is 123 cm³/mol. The Morgan fingerprint density at radius 2 is 1.80 bits per heavy atom. The Labute approximate surface area is 187 Å². The lowest BCUT2D eigenvalue weighted by Gasteiger charge is -2.16. The number of carbonyl (C=O) groups excluding carboxylic acids is 1. The van der Waals surface area contributed by atoms with Crippen LogP contribution in [-0.4, -0.2) is 50.5 Å². The minimum absolute atomic E-state index is 0.246. The molecule has 0 amide bonds. The number of rotatable bonds is 18. The average Bonchev–Trinajstić information content (AvgIpc) is 2.73. The van der Waals surface area contributed by atoms with Crippen LogP contribution in [-0.2, 0) is 22.9 Å². The van der Waals surface area contributed by atoms with Gasteiger partial charge in [-0.2, -0.15) is 0 Å². The number of unbranched alkanes of at least 4 members (excludes halogenated alkanes) is 1. The van der Waals surface area contributed by atoms with Gasteiger partial charge in [-0.3, -0.25) is 13.6 Å². The maximum atomic E-state index is 12.2. The molecule has 0 saturated heterocycles. The minimum Gasteiger partial charge on any atom is -0.494 e. The summed E-state index contributed by atoms with van der Waals surface area (Å²) >= 11 is 0. The number of hydrogen-bond donors (Lipinski definition) is 0. The monoisotopic (exact) mass is 478 g/mol. The molecule has 7 nitrogen and oxygen atoms in total. The van der Waals surface area contributed by atoms with Gasteiger partial charge >= 0.3 is 13.8 Å². The second kappa shape index (κ2) is 16.7. The zero-order chi connectivity index (χ0) is 22.1. The van der Waals surface area contributed by atoms with Crippen molar-refractivity contribution >= 4 is 35.4 Å². The topological polar surface area (TPSA) is 80.3 Å². The highest BCUT2D eigenvalue weighted by atomic mass is 33.1. The minimum atomic E-state index is -3.46. The van der Waals surface area contributed by atoms with Crippen LogP contribution in [0.3, 0.4) is 0 Å². The molecule has 0 bridgehead atoms. The van der Waals surface area contributed by atoms with E-state index in [-0.39, 0.29) is 25.8 Å². The first kappa shape index (κ1) is 27.1. The van der Waals surface area contributed by atoms with Gasteiger partial charge in [0.15, 0.2) is 0 Å². The molecule has 0 aromatic heterocycles. The van der Waals surface area contributed by atoms with Crippen molar-refractivity contribution in [3.63, 3.8) is 0 Å². The molecule has 0 fully saturated rings. The Bertz CT molecular complexity index is 662. The normalized spacial score (nSPS) is 11.3. The van der Waals surface area contributed by atoms with Crippen molar-refractivity contribution in [2.45, 2.75) is 26.7 Å². The highest BCUT2D eigenvalue weighted by Gasteiger charge is 2.24. The van der Waals surface area contributed by atoms with Crippen molar-refractivity contribution in [1.29, 1.82) is 0 Å². The first-order valence-corrected chi connectivity index (χ1v) is 13.8. The largest absolute Gasteiger partial charge is 0.494 e. The molecule has 0 N–H and O–H groups in total. The molecule has 1 rings (SSSR count). The van der Waals surface area contributed by atoms with E-state index in [4.69, 9.17) is 23.0 Å². The highest BCUT2D eigenvalue weighted by Crippen LogP contribution is 2.49. The summed E-state index contributed by atoms with van der Waals surface area (Å²) < 4.78 is 38.5. The number of phosphoric acid groups is 1. The second-order valence-electron chi connectivity index (χ2n) is 5.73. The number of ether oxygens (including phenoxy) is 2. The fourth-order valence-electron chi connectivity index (χ4n) is 2.12. The van der Waals surface area contributed by atoms with Crippen LogP contribution in [0.2, 0.25) is 0 Å². The van der Waals surface area contributed by atoms with Crippen molar-refractivity contribution < 1.29 is 32.4 Å². The Kier molecular flexibility index (Phi) is 15.1. The van der Waals surface area contributed by atoms with E-state index in [1.54, 1.807) is 59.7 Å². The summed E-state index contributed by atoms with van der Waals surface area (Å²) in [5.74, 6) is 1.81. The van der Waals surface area contributed by atoms with E-state index in [0.717, 1.165) is 11.5 Å². The van der Waals surface area contributed by atoms with Crippen LogP contribution in [0.15, 0.2) is 36.9 Å². The Hall–Kier alpha value is -0.960. The lowest BCUT2D eigenvalue weighted by molar-refractivity contribution is 0.0530. The third-order valence-electron chi connectivity index (χ3n) is 3.37. The molecule has 1 aromatic rings. The van der Waals surface area contributed by atoms with Gasteiger partial charge in [0.05, 0.1) is 32.0 Å². The van der Waals surface area contributed by atoms with Gasteiger partial charge in [-0.25, -0.2) is 9.36 Å². The van der Waals surface area contributed by atoms with E-state index >= 15 is 0 Å². The summed E-state index contributed by atoms with van der Waals surface area (Å²) in [6.07, 6.45) is 3.16. The van der Waals surface area contributed by atoms with Crippen molar-refractivity contribution in [3.05, 3.63) is 42.5 Å². The molecule has 30 heavy (non-hydrogen) atoms. The summed E-state index contributed by atoms with van der Waals surface area (Å²) in [5.41, 5.74) is 0.453. The van der Waals surface area contributed by atoms with Crippen LogP contribution in [0, 0.1) is 0 Å². The first-order valence-electron chi connectivity index (χ1n) is 9.83. The van der Waals surface area contributed by atoms with Crippen LogP contribution < -0.4 is 4.74 Å². The van der Waals surface area contributed by atoms with Crippen LogP contribution in [0.1, 0.15) is 37.0 Å². The molecule has 0 atom stereocenters. The molecule has 0 heterocycles. The molecule has 0 aliphatic heterocycles. The molecule has 0 spiro atoms. The van der Waals surface area contributed by atoms with Crippen molar-refractivity contribution in [3.8, 4) is 5.75 Å². The highest BCUT2D eigenvalue weighted by molar-refractivity contribution is 8.76. The van der Waals surface area contributed by atoms with Crippen LogP contribution >= 0.6 is 29.4 Å². The Morgan fingerprint density at radius 3 is 2.50 bits per heavy atom. The molecular formula is C20H31O7PS2. The molecule has 10 heteroatoms. The summed E-state index contributed by atoms with van der Waals surface area (Å²) in [4.78, 5) is 12.1. The van der Waals surface area contributed by atoms with Crippen molar-refractivity contribution in [2.24, 2.45) is 0 Å². The fraction of sp³-hybridized carbons (Fsp3) is 0.550. The van der Waals surface area contributed by atoms with Crippen LogP contribution in [0.25, 0.3) is 0 Å². The molecule has 0 aliphatic rings. The van der Waals surface area contributed by atoms with E-state index in [2.05, 4.69) is 6.58 Å². The van der Waals surface area contributed by atoms with Crippen molar-refractivity contribution in [1.82, 2.24) is 0 Å². The summed E-state index contributed by atoms with van der Waals surface area (Å²) in [6.45, 7) is 8.67. The number of benzene rings is 1. The van der Waals surface area contributed by atoms with Gasteiger partial charge in [0.25, 0.3) is 0 Å². The lowest BCUT2D eigenvalue weighted by atomic mass is 10.2. The lowest BCUT2D eigenvalue weighted by Crippen LogP contribution is -2.08. The molecule has 0 aliphatic carbocycles. The third-order valence-corrected chi connectivity index (χ3v) is 7.30. The summed E-state index contributed by atoms with van der Waals surface area (Å²) in [5, 5.41) is 0. The van der Waals surface area contributed by atoms with Gasteiger partial charge in [0.1, 0.15) is 12.4 Å². The quantitative estimate of drug-likeness (QED) is 0.0859. The number of phosphoric ester groups is 1. The van der Waals surface area contributed by atoms with Crippen LogP contribution in [0.4, 0.5) is 0 Å². The third kappa shape index (κ3) is 12.0.